The highest BCUT2D eigenvalue weighted by atomic mass is 16.5. The molecule has 7 nitrogen and oxygen atoms in total. The summed E-state index contributed by atoms with van der Waals surface area (Å²) in [5.74, 6) is 1.16. The predicted octanol–water partition coefficient (Wildman–Crippen LogP) is 0.396. The van der Waals surface area contributed by atoms with Crippen LogP contribution in [0.15, 0.2) is 6.33 Å². The summed E-state index contributed by atoms with van der Waals surface area (Å²) in [6.07, 6.45) is 2.64. The highest BCUT2D eigenvalue weighted by molar-refractivity contribution is 5.76. The molecule has 18 heavy (non-hydrogen) atoms. The van der Waals surface area contributed by atoms with E-state index in [9.17, 15) is 4.79 Å². The zero-order valence-corrected chi connectivity index (χ0v) is 10.7. The molecular weight excluding hydrogens is 234 g/mol. The van der Waals surface area contributed by atoms with E-state index in [0.717, 1.165) is 6.42 Å². The van der Waals surface area contributed by atoms with Gasteiger partial charge in [0, 0.05) is 19.5 Å². The fourth-order valence-corrected chi connectivity index (χ4v) is 1.36. The number of methoxy groups -OCH3 is 1. The first-order chi connectivity index (χ1) is 8.69. The molecule has 1 aromatic heterocycles. The Morgan fingerprint density at radius 2 is 2.22 bits per heavy atom. The van der Waals surface area contributed by atoms with Gasteiger partial charge in [-0.15, -0.1) is 0 Å². The topological polar surface area (TPSA) is 102 Å². The average Bonchev–Trinajstić information content (AvgIpc) is 2.36. The number of nitrogen functional groups attached to an aromatic ring is 1. The van der Waals surface area contributed by atoms with Gasteiger partial charge in [-0.1, -0.05) is 6.92 Å². The van der Waals surface area contributed by atoms with Crippen LogP contribution in [0, 0.1) is 0 Å². The lowest BCUT2D eigenvalue weighted by Gasteiger charge is -2.10. The van der Waals surface area contributed by atoms with E-state index in [1.165, 1.54) is 13.4 Å². The molecule has 1 heterocycles. The summed E-state index contributed by atoms with van der Waals surface area (Å²) in [6.45, 7) is 3.16. The van der Waals surface area contributed by atoms with Crippen molar-refractivity contribution in [3.05, 3.63) is 6.33 Å². The van der Waals surface area contributed by atoms with Crippen molar-refractivity contribution in [1.29, 1.82) is 0 Å². The Kier molecular flexibility index (Phi) is 5.69. The summed E-state index contributed by atoms with van der Waals surface area (Å²) in [6, 6.07) is 0. The SMILES string of the molecule is CCCNC(=O)CCNc1ncnc(N)c1OC. The lowest BCUT2D eigenvalue weighted by atomic mass is 10.3. The maximum absolute atomic E-state index is 11.4. The first-order valence-electron chi connectivity index (χ1n) is 5.84. The molecule has 0 saturated carbocycles. The molecule has 1 amide bonds. The standard InChI is InChI=1S/C11H19N5O2/c1-3-5-13-8(17)4-6-14-11-9(18-2)10(12)15-7-16-11/h7H,3-6H2,1-2H3,(H,13,17)(H3,12,14,15,16). The van der Waals surface area contributed by atoms with Crippen molar-refractivity contribution in [2.45, 2.75) is 19.8 Å². The molecule has 1 aromatic rings. The number of anilines is 2. The number of ether oxygens (including phenoxy) is 1. The van der Waals surface area contributed by atoms with E-state index in [1.807, 2.05) is 6.92 Å². The minimum Gasteiger partial charge on any atom is -0.490 e. The van der Waals surface area contributed by atoms with Crippen LogP contribution in [-0.2, 0) is 4.79 Å². The lowest BCUT2D eigenvalue weighted by Crippen LogP contribution is -2.26. The normalized spacial score (nSPS) is 9.89. The number of nitrogens with one attached hydrogen (secondary N) is 2. The number of hydrogen-bond acceptors (Lipinski definition) is 6. The van der Waals surface area contributed by atoms with Gasteiger partial charge in [0.05, 0.1) is 7.11 Å². The number of amides is 1. The van der Waals surface area contributed by atoms with E-state index >= 15 is 0 Å². The Balaban J connectivity index is 2.44. The van der Waals surface area contributed by atoms with Crippen LogP contribution in [0.3, 0.4) is 0 Å². The monoisotopic (exact) mass is 253 g/mol. The smallest absolute Gasteiger partial charge is 0.221 e. The molecule has 0 bridgehead atoms. The maximum atomic E-state index is 11.4. The fourth-order valence-electron chi connectivity index (χ4n) is 1.36. The molecule has 0 aliphatic rings. The van der Waals surface area contributed by atoms with Gasteiger partial charge in [-0.2, -0.15) is 0 Å². The van der Waals surface area contributed by atoms with Gasteiger partial charge in [0.25, 0.3) is 0 Å². The molecule has 0 fully saturated rings. The summed E-state index contributed by atoms with van der Waals surface area (Å²) in [5.41, 5.74) is 5.63. The molecule has 100 valence electrons. The average molecular weight is 253 g/mol. The second kappa shape index (κ2) is 7.31. The van der Waals surface area contributed by atoms with Crippen LogP contribution in [0.4, 0.5) is 11.6 Å². The summed E-state index contributed by atoms with van der Waals surface area (Å²) < 4.78 is 5.09. The summed E-state index contributed by atoms with van der Waals surface area (Å²) in [5, 5.41) is 5.79. The molecule has 0 unspecified atom stereocenters. The van der Waals surface area contributed by atoms with Crippen molar-refractivity contribution in [1.82, 2.24) is 15.3 Å². The molecule has 0 aliphatic carbocycles. The Morgan fingerprint density at radius 3 is 2.89 bits per heavy atom. The van der Waals surface area contributed by atoms with Crippen LogP contribution < -0.4 is 21.1 Å². The Hall–Kier alpha value is -2.05. The van der Waals surface area contributed by atoms with Gasteiger partial charge in [-0.25, -0.2) is 9.97 Å². The number of carbonyl (C=O) groups excluding carboxylic acids is 1. The van der Waals surface area contributed by atoms with Crippen molar-refractivity contribution in [3.8, 4) is 5.75 Å². The van der Waals surface area contributed by atoms with Crippen molar-refractivity contribution in [2.75, 3.05) is 31.2 Å². The number of nitrogens with two attached hydrogens (primary N) is 1. The van der Waals surface area contributed by atoms with Crippen LogP contribution in [0.25, 0.3) is 0 Å². The van der Waals surface area contributed by atoms with Crippen LogP contribution in [0.1, 0.15) is 19.8 Å². The first-order valence-corrected chi connectivity index (χ1v) is 5.84. The van der Waals surface area contributed by atoms with Crippen molar-refractivity contribution >= 4 is 17.5 Å². The molecule has 0 aromatic carbocycles. The van der Waals surface area contributed by atoms with Crippen LogP contribution in [0.2, 0.25) is 0 Å². The third kappa shape index (κ3) is 4.08. The van der Waals surface area contributed by atoms with E-state index in [4.69, 9.17) is 10.5 Å². The summed E-state index contributed by atoms with van der Waals surface area (Å²) in [7, 11) is 1.49. The third-order valence-electron chi connectivity index (χ3n) is 2.25. The van der Waals surface area contributed by atoms with Gasteiger partial charge in [-0.3, -0.25) is 4.79 Å². The zero-order chi connectivity index (χ0) is 13.4. The highest BCUT2D eigenvalue weighted by Crippen LogP contribution is 2.25. The van der Waals surface area contributed by atoms with Crippen molar-refractivity contribution in [2.24, 2.45) is 0 Å². The molecule has 0 radical (unpaired) electrons. The van der Waals surface area contributed by atoms with Gasteiger partial charge < -0.3 is 21.1 Å². The second-order valence-corrected chi connectivity index (χ2v) is 3.67. The fraction of sp³-hybridized carbons (Fsp3) is 0.545. The molecule has 0 spiro atoms. The molecule has 7 heteroatoms. The molecule has 4 N–H and O–H groups in total. The Bertz CT molecular complexity index is 397. The van der Waals surface area contributed by atoms with E-state index in [0.29, 0.717) is 31.1 Å². The minimum absolute atomic E-state index is 0.00495. The van der Waals surface area contributed by atoms with Crippen molar-refractivity contribution in [3.63, 3.8) is 0 Å². The van der Waals surface area contributed by atoms with Gasteiger partial charge in [0.1, 0.15) is 6.33 Å². The van der Waals surface area contributed by atoms with Crippen molar-refractivity contribution < 1.29 is 9.53 Å². The van der Waals surface area contributed by atoms with E-state index in [1.54, 1.807) is 0 Å². The van der Waals surface area contributed by atoms with Crippen LogP contribution in [-0.4, -0.2) is 36.1 Å². The molecule has 1 rings (SSSR count). The maximum Gasteiger partial charge on any atom is 0.221 e. The number of nitrogens with zero attached hydrogens (tertiary/aromatic N) is 2. The predicted molar refractivity (Wildman–Crippen MR) is 69.4 cm³/mol. The zero-order valence-electron chi connectivity index (χ0n) is 10.7. The molecule has 0 atom stereocenters. The quantitative estimate of drug-likeness (QED) is 0.650. The van der Waals surface area contributed by atoms with Gasteiger partial charge in [-0.05, 0) is 6.42 Å². The summed E-state index contributed by atoms with van der Waals surface area (Å²) >= 11 is 0. The van der Waals surface area contributed by atoms with Crippen LogP contribution in [0.5, 0.6) is 5.75 Å². The Morgan fingerprint density at radius 1 is 1.44 bits per heavy atom. The third-order valence-corrected chi connectivity index (χ3v) is 2.25. The molecular formula is C11H19N5O2. The highest BCUT2D eigenvalue weighted by Gasteiger charge is 2.09. The second-order valence-electron chi connectivity index (χ2n) is 3.67. The van der Waals surface area contributed by atoms with Gasteiger partial charge >= 0.3 is 0 Å². The van der Waals surface area contributed by atoms with Crippen LogP contribution >= 0.6 is 0 Å². The number of aromatic nitrogens is 2. The summed E-state index contributed by atoms with van der Waals surface area (Å²) in [4.78, 5) is 19.2. The van der Waals surface area contributed by atoms with E-state index in [2.05, 4.69) is 20.6 Å². The number of carbonyl (C=O) groups is 1. The lowest BCUT2D eigenvalue weighted by molar-refractivity contribution is -0.120. The Labute approximate surface area is 106 Å². The van der Waals surface area contributed by atoms with E-state index in [-0.39, 0.29) is 11.7 Å². The number of hydrogen-bond donors (Lipinski definition) is 3. The van der Waals surface area contributed by atoms with E-state index < -0.39 is 0 Å². The molecule has 0 aliphatic heterocycles. The minimum atomic E-state index is 0.00495. The first kappa shape index (κ1) is 14.0. The largest absolute Gasteiger partial charge is 0.490 e. The number of rotatable bonds is 7. The van der Waals surface area contributed by atoms with Gasteiger partial charge in [0.2, 0.25) is 11.7 Å². The molecule has 0 saturated heterocycles. The van der Waals surface area contributed by atoms with Gasteiger partial charge in [0.15, 0.2) is 11.6 Å².